The van der Waals surface area contributed by atoms with E-state index in [2.05, 4.69) is 27.8 Å². The second kappa shape index (κ2) is 1.92. The topological polar surface area (TPSA) is 12.9 Å². The Bertz CT molecular complexity index is 144. The fourth-order valence-corrected chi connectivity index (χ4v) is 1.25. The molecule has 1 aromatic rings. The summed E-state index contributed by atoms with van der Waals surface area (Å²) in [5, 5.41) is 1.89. The predicted octanol–water partition coefficient (Wildman–Crippen LogP) is 2.09. The van der Waals surface area contributed by atoms with E-state index in [1.54, 1.807) is 11.3 Å². The third-order valence-electron chi connectivity index (χ3n) is 0.524. The first kappa shape index (κ1) is 5.25. The number of halogens is 1. The molecule has 0 unspecified atom stereocenters. The Morgan fingerprint density at radius 1 is 1.86 bits per heavy atom. The minimum Gasteiger partial charge on any atom is -0.234 e. The van der Waals surface area contributed by atoms with Crippen LogP contribution in [-0.4, -0.2) is 4.98 Å². The largest absolute Gasteiger partial charge is 0.234 e. The van der Waals surface area contributed by atoms with E-state index in [0.717, 1.165) is 9.61 Å². The normalized spacial score (nSPS) is 9.43. The fourth-order valence-electron chi connectivity index (χ4n) is 0.282. The van der Waals surface area contributed by atoms with Gasteiger partial charge in [0.05, 0.1) is 5.69 Å². The van der Waals surface area contributed by atoms with Crippen molar-refractivity contribution in [3.05, 3.63) is 21.9 Å². The summed E-state index contributed by atoms with van der Waals surface area (Å²) in [6.07, 6.45) is 0. The minimum atomic E-state index is 0.830. The van der Waals surface area contributed by atoms with Crippen molar-refractivity contribution in [2.24, 2.45) is 0 Å². The van der Waals surface area contributed by atoms with Crippen molar-refractivity contribution >= 4 is 27.3 Å². The van der Waals surface area contributed by atoms with E-state index in [4.69, 9.17) is 0 Å². The summed E-state index contributed by atoms with van der Waals surface area (Å²) in [7, 11) is 0. The lowest BCUT2D eigenvalue weighted by Gasteiger charge is -1.68. The summed E-state index contributed by atoms with van der Waals surface area (Å²) in [5.74, 6) is 0. The van der Waals surface area contributed by atoms with Crippen LogP contribution in [0.3, 0.4) is 0 Å². The number of rotatable bonds is 0. The first-order chi connectivity index (χ1) is 3.29. The van der Waals surface area contributed by atoms with E-state index in [0.29, 0.717) is 0 Å². The third-order valence-corrected chi connectivity index (χ3v) is 1.94. The Morgan fingerprint density at radius 2 is 2.57 bits per heavy atom. The van der Waals surface area contributed by atoms with Crippen molar-refractivity contribution in [2.75, 3.05) is 0 Å². The van der Waals surface area contributed by atoms with Crippen LogP contribution < -0.4 is 0 Å². The molecule has 1 aromatic heterocycles. The Labute approximate surface area is 54.5 Å². The Kier molecular flexibility index (Phi) is 1.44. The van der Waals surface area contributed by atoms with Crippen LogP contribution in [0.1, 0.15) is 5.69 Å². The molecule has 0 aromatic carbocycles. The summed E-state index contributed by atoms with van der Waals surface area (Å²) in [6, 6.07) is 0. The third kappa shape index (κ3) is 1.24. The minimum absolute atomic E-state index is 0.830. The maximum absolute atomic E-state index is 3.94. The maximum atomic E-state index is 3.94. The standard InChI is InChI=1S/C4H3BrNS/c1-3-2-7-4(5)6-3/h2H,1H2. The molecule has 0 saturated carbocycles. The molecule has 0 atom stereocenters. The van der Waals surface area contributed by atoms with Gasteiger partial charge in [0.15, 0.2) is 3.92 Å². The first-order valence-corrected chi connectivity index (χ1v) is 3.39. The van der Waals surface area contributed by atoms with Gasteiger partial charge >= 0.3 is 0 Å². The van der Waals surface area contributed by atoms with Crippen LogP contribution in [0.2, 0.25) is 0 Å². The molecule has 0 aliphatic carbocycles. The van der Waals surface area contributed by atoms with Crippen LogP contribution in [-0.2, 0) is 0 Å². The summed E-state index contributed by atoms with van der Waals surface area (Å²) < 4.78 is 0.900. The molecule has 0 aliphatic rings. The van der Waals surface area contributed by atoms with Crippen LogP contribution in [0.25, 0.3) is 0 Å². The van der Waals surface area contributed by atoms with Gasteiger partial charge in [-0.1, -0.05) is 0 Å². The molecule has 0 N–H and O–H groups in total. The van der Waals surface area contributed by atoms with Crippen molar-refractivity contribution in [1.82, 2.24) is 4.98 Å². The number of hydrogen-bond acceptors (Lipinski definition) is 2. The van der Waals surface area contributed by atoms with Gasteiger partial charge in [-0.2, -0.15) is 0 Å². The molecule has 0 fully saturated rings. The second-order valence-electron chi connectivity index (χ2n) is 1.09. The van der Waals surface area contributed by atoms with E-state index in [9.17, 15) is 0 Å². The number of thiazole rings is 1. The van der Waals surface area contributed by atoms with E-state index in [-0.39, 0.29) is 0 Å². The predicted molar refractivity (Wildman–Crippen MR) is 34.3 cm³/mol. The Morgan fingerprint density at radius 3 is 2.71 bits per heavy atom. The van der Waals surface area contributed by atoms with Gasteiger partial charge in [-0.05, 0) is 22.9 Å². The van der Waals surface area contributed by atoms with E-state index in [1.165, 1.54) is 0 Å². The zero-order valence-corrected chi connectivity index (χ0v) is 5.92. The van der Waals surface area contributed by atoms with Crippen LogP contribution >= 0.6 is 27.3 Å². The van der Waals surface area contributed by atoms with Crippen molar-refractivity contribution in [1.29, 1.82) is 0 Å². The lowest BCUT2D eigenvalue weighted by molar-refractivity contribution is 1.32. The summed E-state index contributed by atoms with van der Waals surface area (Å²) in [5.41, 5.74) is 0.830. The molecule has 3 heteroatoms. The molecular formula is C4H3BrNS. The molecule has 0 aliphatic heterocycles. The van der Waals surface area contributed by atoms with Gasteiger partial charge in [0.25, 0.3) is 0 Å². The van der Waals surface area contributed by atoms with Gasteiger partial charge < -0.3 is 0 Å². The second-order valence-corrected chi connectivity index (χ2v) is 3.23. The van der Waals surface area contributed by atoms with Crippen molar-refractivity contribution in [2.45, 2.75) is 0 Å². The van der Waals surface area contributed by atoms with Gasteiger partial charge in [-0.25, -0.2) is 4.98 Å². The zero-order chi connectivity index (χ0) is 5.28. The Hall–Kier alpha value is 0.110. The molecule has 1 rings (SSSR count). The maximum Gasteiger partial charge on any atom is 0.159 e. The average molecular weight is 177 g/mol. The van der Waals surface area contributed by atoms with E-state index < -0.39 is 0 Å². The van der Waals surface area contributed by atoms with Gasteiger partial charge in [0.1, 0.15) is 0 Å². The van der Waals surface area contributed by atoms with E-state index >= 15 is 0 Å². The van der Waals surface area contributed by atoms with Crippen molar-refractivity contribution in [3.8, 4) is 0 Å². The smallest absolute Gasteiger partial charge is 0.159 e. The molecule has 1 nitrogen and oxygen atoms in total. The molecular weight excluding hydrogens is 174 g/mol. The SMILES string of the molecule is [CH2]c1csc(Br)n1. The summed E-state index contributed by atoms with van der Waals surface area (Å²) in [4.78, 5) is 3.94. The highest BCUT2D eigenvalue weighted by molar-refractivity contribution is 9.11. The molecule has 1 heterocycles. The molecule has 0 bridgehead atoms. The quantitative estimate of drug-likeness (QED) is 0.591. The van der Waals surface area contributed by atoms with Gasteiger partial charge in [-0.3, -0.25) is 0 Å². The highest BCUT2D eigenvalue weighted by Gasteiger charge is 1.88. The lowest BCUT2D eigenvalue weighted by Crippen LogP contribution is -1.63. The van der Waals surface area contributed by atoms with Crippen LogP contribution in [0.5, 0.6) is 0 Å². The number of nitrogens with zero attached hydrogens (tertiary/aromatic N) is 1. The van der Waals surface area contributed by atoms with Crippen molar-refractivity contribution < 1.29 is 0 Å². The molecule has 0 saturated heterocycles. The van der Waals surface area contributed by atoms with Crippen LogP contribution in [0, 0.1) is 6.92 Å². The first-order valence-electron chi connectivity index (χ1n) is 1.72. The number of aromatic nitrogens is 1. The van der Waals surface area contributed by atoms with Gasteiger partial charge in [-0.15, -0.1) is 11.3 Å². The van der Waals surface area contributed by atoms with E-state index in [1.807, 2.05) is 5.38 Å². The Balaban J connectivity index is 3.04. The van der Waals surface area contributed by atoms with Crippen LogP contribution in [0.15, 0.2) is 9.30 Å². The monoisotopic (exact) mass is 176 g/mol. The molecule has 1 radical (unpaired) electrons. The van der Waals surface area contributed by atoms with Crippen LogP contribution in [0.4, 0.5) is 0 Å². The van der Waals surface area contributed by atoms with Crippen molar-refractivity contribution in [3.63, 3.8) is 0 Å². The fraction of sp³-hybridized carbons (Fsp3) is 0. The summed E-state index contributed by atoms with van der Waals surface area (Å²) in [6.45, 7) is 3.61. The zero-order valence-electron chi connectivity index (χ0n) is 3.52. The molecule has 7 heavy (non-hydrogen) atoms. The lowest BCUT2D eigenvalue weighted by atomic mass is 10.6. The average Bonchev–Trinajstić information content (AvgIpc) is 1.87. The highest BCUT2D eigenvalue weighted by Crippen LogP contribution is 2.14. The molecule has 0 spiro atoms. The van der Waals surface area contributed by atoms with Gasteiger partial charge in [0.2, 0.25) is 0 Å². The molecule has 0 amide bonds. The number of hydrogen-bond donors (Lipinski definition) is 0. The molecule has 37 valence electrons. The summed E-state index contributed by atoms with van der Waals surface area (Å²) >= 11 is 4.75. The van der Waals surface area contributed by atoms with Gasteiger partial charge in [0, 0.05) is 5.38 Å². The highest BCUT2D eigenvalue weighted by atomic mass is 79.9.